The maximum absolute atomic E-state index is 12.9. The Bertz CT molecular complexity index is 1120. The van der Waals surface area contributed by atoms with Gasteiger partial charge in [-0.2, -0.15) is 0 Å². The summed E-state index contributed by atoms with van der Waals surface area (Å²) in [5.74, 6) is -1.03. The lowest BCUT2D eigenvalue weighted by Gasteiger charge is -2.34. The number of nitrogens with zero attached hydrogens (tertiary/aromatic N) is 1. The number of aromatic nitrogens is 1. The fourth-order valence-corrected chi connectivity index (χ4v) is 7.75. The van der Waals surface area contributed by atoms with Crippen LogP contribution in [0.4, 0.5) is 0 Å². The van der Waals surface area contributed by atoms with Gasteiger partial charge in [0.2, 0.25) is 0 Å². The summed E-state index contributed by atoms with van der Waals surface area (Å²) in [5, 5.41) is 9.42. The van der Waals surface area contributed by atoms with Gasteiger partial charge in [-0.05, 0) is 53.8 Å². The molecule has 1 fully saturated rings. The number of sulfone groups is 1. The number of rotatable bonds is 5. The van der Waals surface area contributed by atoms with Crippen molar-refractivity contribution in [1.82, 2.24) is 4.98 Å². The van der Waals surface area contributed by atoms with Crippen LogP contribution in [0.1, 0.15) is 30.6 Å². The van der Waals surface area contributed by atoms with Crippen molar-refractivity contribution in [3.63, 3.8) is 0 Å². The molecule has 0 unspecified atom stereocenters. The molecule has 2 aromatic heterocycles. The van der Waals surface area contributed by atoms with Crippen LogP contribution in [0, 0.1) is 0 Å². The van der Waals surface area contributed by atoms with Gasteiger partial charge < -0.3 is 5.11 Å². The van der Waals surface area contributed by atoms with Crippen LogP contribution in [-0.2, 0) is 19.4 Å². The molecule has 1 atom stereocenters. The first-order valence-corrected chi connectivity index (χ1v) is 11.9. The van der Waals surface area contributed by atoms with Gasteiger partial charge in [-0.1, -0.05) is 30.7 Å². The molecule has 4 rings (SSSR count). The van der Waals surface area contributed by atoms with Gasteiger partial charge in [-0.15, -0.1) is 11.3 Å². The van der Waals surface area contributed by atoms with Crippen molar-refractivity contribution in [2.75, 3.05) is 5.75 Å². The maximum atomic E-state index is 12.9. The van der Waals surface area contributed by atoms with Gasteiger partial charge in [0.25, 0.3) is 0 Å². The van der Waals surface area contributed by atoms with E-state index in [2.05, 4.69) is 4.98 Å². The zero-order valence-corrected chi connectivity index (χ0v) is 17.4. The minimum atomic E-state index is -3.52. The number of hydrogen-bond acceptors (Lipinski definition) is 5. The lowest BCUT2D eigenvalue weighted by Crippen LogP contribution is -2.41. The monoisotopic (exact) mass is 427 g/mol. The van der Waals surface area contributed by atoms with E-state index < -0.39 is 20.6 Å². The molecule has 1 aliphatic rings. The molecule has 1 N–H and O–H groups in total. The first-order valence-electron chi connectivity index (χ1n) is 9.47. The summed E-state index contributed by atoms with van der Waals surface area (Å²) >= 11 is 1.38. The molecule has 0 radical (unpaired) electrons. The van der Waals surface area contributed by atoms with E-state index in [4.69, 9.17) is 0 Å². The first-order chi connectivity index (χ1) is 13.9. The molecular weight excluding hydrogens is 406 g/mol. The summed E-state index contributed by atoms with van der Waals surface area (Å²) < 4.78 is 24.5. The van der Waals surface area contributed by atoms with Crippen LogP contribution in [0.5, 0.6) is 0 Å². The average Bonchev–Trinajstić information content (AvgIpc) is 3.21. The van der Waals surface area contributed by atoms with Crippen molar-refractivity contribution in [1.29, 1.82) is 0 Å². The van der Waals surface area contributed by atoms with Gasteiger partial charge in [0, 0.05) is 22.1 Å². The third-order valence-corrected chi connectivity index (χ3v) is 9.57. The van der Waals surface area contributed by atoms with Crippen molar-refractivity contribution in [3.8, 4) is 21.6 Å². The number of carbonyl (C=O) groups is 1. The Kier molecular flexibility index (Phi) is 5.27. The van der Waals surface area contributed by atoms with Gasteiger partial charge >= 0.3 is 5.97 Å². The number of aliphatic carboxylic acids is 1. The number of carboxylic acid groups (broad SMARTS) is 1. The molecule has 3 aromatic rings. The van der Waals surface area contributed by atoms with E-state index in [0.29, 0.717) is 17.7 Å². The molecule has 0 bridgehead atoms. The molecule has 0 spiro atoms. The molecule has 7 heteroatoms. The molecule has 29 heavy (non-hydrogen) atoms. The standard InChI is InChI=1S/C22H21NO4S2/c24-21(25)15-22(11-1-2-14-29(22,26)27)20-8-7-19(28-20)18-5-3-16(4-6-18)17-9-12-23-13-10-17/h3-10,12-13H,1-2,11,14-15H2,(H,24,25)/t22-/m0/s1. The summed E-state index contributed by atoms with van der Waals surface area (Å²) in [6.45, 7) is 0. The number of carboxylic acids is 1. The van der Waals surface area contributed by atoms with Crippen molar-refractivity contribution in [3.05, 3.63) is 65.8 Å². The second-order valence-electron chi connectivity index (χ2n) is 7.32. The average molecular weight is 428 g/mol. The van der Waals surface area contributed by atoms with Crippen LogP contribution in [0.15, 0.2) is 60.9 Å². The van der Waals surface area contributed by atoms with Crippen LogP contribution in [-0.4, -0.2) is 30.2 Å². The number of hydrogen-bond donors (Lipinski definition) is 1. The lowest BCUT2D eigenvalue weighted by atomic mass is 9.95. The van der Waals surface area contributed by atoms with E-state index in [0.717, 1.165) is 28.0 Å². The minimum absolute atomic E-state index is 0.0497. The van der Waals surface area contributed by atoms with E-state index in [9.17, 15) is 18.3 Å². The van der Waals surface area contributed by atoms with Gasteiger partial charge in [-0.25, -0.2) is 8.42 Å². The highest BCUT2D eigenvalue weighted by molar-refractivity contribution is 7.92. The molecule has 0 aliphatic carbocycles. The molecule has 150 valence electrons. The van der Waals surface area contributed by atoms with Crippen LogP contribution >= 0.6 is 11.3 Å². The third kappa shape index (κ3) is 3.72. The Morgan fingerprint density at radius 2 is 1.62 bits per heavy atom. The largest absolute Gasteiger partial charge is 0.481 e. The molecule has 1 aliphatic heterocycles. The SMILES string of the molecule is O=C(O)C[C@]1(c2ccc(-c3ccc(-c4ccncc4)cc3)s2)CCCCS1(=O)=O. The van der Waals surface area contributed by atoms with Crippen LogP contribution in [0.2, 0.25) is 0 Å². The fourth-order valence-electron chi connectivity index (χ4n) is 3.97. The third-order valence-electron chi connectivity index (χ3n) is 5.51. The van der Waals surface area contributed by atoms with Crippen LogP contribution < -0.4 is 0 Å². The Hall–Kier alpha value is -2.51. The van der Waals surface area contributed by atoms with Crippen molar-refractivity contribution in [2.24, 2.45) is 0 Å². The van der Waals surface area contributed by atoms with E-state index in [1.165, 1.54) is 11.3 Å². The second-order valence-corrected chi connectivity index (χ2v) is 10.8. The smallest absolute Gasteiger partial charge is 0.305 e. The molecule has 1 saturated heterocycles. The highest BCUT2D eigenvalue weighted by Crippen LogP contribution is 2.47. The van der Waals surface area contributed by atoms with Crippen LogP contribution in [0.25, 0.3) is 21.6 Å². The predicted octanol–water partition coefficient (Wildman–Crippen LogP) is 4.75. The zero-order chi connectivity index (χ0) is 20.5. The minimum Gasteiger partial charge on any atom is -0.481 e. The summed E-state index contributed by atoms with van der Waals surface area (Å²) in [6, 6.07) is 15.6. The Balaban J connectivity index is 1.69. The second kappa shape index (κ2) is 7.72. The topological polar surface area (TPSA) is 84.3 Å². The predicted molar refractivity (Wildman–Crippen MR) is 115 cm³/mol. The molecule has 5 nitrogen and oxygen atoms in total. The van der Waals surface area contributed by atoms with Gasteiger partial charge in [0.1, 0.15) is 4.75 Å². The summed E-state index contributed by atoms with van der Waals surface area (Å²) in [6.07, 6.45) is 4.81. The van der Waals surface area contributed by atoms with Crippen molar-refractivity contribution >= 4 is 27.1 Å². The molecule has 1 aromatic carbocycles. The van der Waals surface area contributed by atoms with Crippen molar-refractivity contribution < 1.29 is 18.3 Å². The van der Waals surface area contributed by atoms with E-state index in [1.54, 1.807) is 18.5 Å². The molecule has 0 saturated carbocycles. The molecule has 0 amide bonds. The summed E-state index contributed by atoms with van der Waals surface area (Å²) in [4.78, 5) is 17.1. The summed E-state index contributed by atoms with van der Waals surface area (Å²) in [7, 11) is -3.52. The maximum Gasteiger partial charge on any atom is 0.305 e. The highest BCUT2D eigenvalue weighted by atomic mass is 32.2. The quantitative estimate of drug-likeness (QED) is 0.635. The molecule has 3 heterocycles. The van der Waals surface area contributed by atoms with E-state index in [-0.39, 0.29) is 12.2 Å². The number of benzene rings is 1. The van der Waals surface area contributed by atoms with E-state index >= 15 is 0 Å². The van der Waals surface area contributed by atoms with E-state index in [1.807, 2.05) is 42.5 Å². The summed E-state index contributed by atoms with van der Waals surface area (Å²) in [5.41, 5.74) is 3.13. The number of pyridine rings is 1. The lowest BCUT2D eigenvalue weighted by molar-refractivity contribution is -0.137. The van der Waals surface area contributed by atoms with Gasteiger partial charge in [0.15, 0.2) is 9.84 Å². The van der Waals surface area contributed by atoms with Gasteiger partial charge in [-0.3, -0.25) is 9.78 Å². The Morgan fingerprint density at radius 3 is 2.28 bits per heavy atom. The van der Waals surface area contributed by atoms with Crippen LogP contribution in [0.3, 0.4) is 0 Å². The normalized spacial score (nSPS) is 21.0. The fraction of sp³-hybridized carbons (Fsp3) is 0.273. The highest BCUT2D eigenvalue weighted by Gasteiger charge is 2.49. The Labute approximate surface area is 174 Å². The Morgan fingerprint density at radius 1 is 0.966 bits per heavy atom. The van der Waals surface area contributed by atoms with Gasteiger partial charge in [0.05, 0.1) is 12.2 Å². The first kappa shape index (κ1) is 19.8. The zero-order valence-electron chi connectivity index (χ0n) is 15.7. The van der Waals surface area contributed by atoms with Crippen molar-refractivity contribution in [2.45, 2.75) is 30.4 Å². The molecular formula is C22H21NO4S2. The number of thiophene rings is 1.